The lowest BCUT2D eigenvalue weighted by atomic mass is 10.4. The van der Waals surface area contributed by atoms with Crippen molar-refractivity contribution in [3.05, 3.63) is 17.1 Å². The maximum atomic E-state index is 10.5. The van der Waals surface area contributed by atoms with E-state index < -0.39 is 5.85 Å². The number of hydrogen-bond donors (Lipinski definition) is 0. The average molecular weight is 185 g/mol. The Bertz CT molecular complexity index is 193. The SMILES string of the molecule is CC(C)=C=CP(=O)(Cl)Cl. The molecule has 9 heavy (non-hydrogen) atoms. The molecule has 0 radical (unpaired) electrons. The second kappa shape index (κ2) is 3.49. The lowest BCUT2D eigenvalue weighted by Crippen LogP contribution is -1.52. The van der Waals surface area contributed by atoms with Gasteiger partial charge in [0.15, 0.2) is 0 Å². The summed E-state index contributed by atoms with van der Waals surface area (Å²) in [6, 6.07) is 0. The molecule has 52 valence electrons. The van der Waals surface area contributed by atoms with Gasteiger partial charge in [-0.3, -0.25) is 4.57 Å². The monoisotopic (exact) mass is 184 g/mol. The number of halogens is 2. The first-order chi connectivity index (χ1) is 3.92. The van der Waals surface area contributed by atoms with Crippen molar-refractivity contribution in [1.82, 2.24) is 0 Å². The Morgan fingerprint density at radius 2 is 2.00 bits per heavy atom. The summed E-state index contributed by atoms with van der Waals surface area (Å²) >= 11 is 10.3. The Kier molecular flexibility index (Phi) is 3.61. The van der Waals surface area contributed by atoms with Crippen LogP contribution >= 0.6 is 28.3 Å². The van der Waals surface area contributed by atoms with Crippen molar-refractivity contribution < 1.29 is 4.57 Å². The van der Waals surface area contributed by atoms with Gasteiger partial charge in [0.05, 0.1) is 0 Å². The molecule has 0 unspecified atom stereocenters. The van der Waals surface area contributed by atoms with Crippen LogP contribution in [0.3, 0.4) is 0 Å². The van der Waals surface area contributed by atoms with Gasteiger partial charge in [-0.25, -0.2) is 0 Å². The van der Waals surface area contributed by atoms with Gasteiger partial charge in [0.1, 0.15) is 0 Å². The van der Waals surface area contributed by atoms with E-state index in [0.717, 1.165) is 5.57 Å². The van der Waals surface area contributed by atoms with Crippen LogP contribution in [-0.2, 0) is 4.57 Å². The van der Waals surface area contributed by atoms with Crippen molar-refractivity contribution in [2.45, 2.75) is 13.8 Å². The van der Waals surface area contributed by atoms with Gasteiger partial charge in [-0.05, 0) is 41.9 Å². The Morgan fingerprint density at radius 1 is 1.56 bits per heavy atom. The molecule has 0 aromatic carbocycles. The van der Waals surface area contributed by atoms with Crippen molar-refractivity contribution >= 4 is 28.3 Å². The lowest BCUT2D eigenvalue weighted by molar-refractivity contribution is 0.597. The zero-order valence-corrected chi connectivity index (χ0v) is 7.60. The van der Waals surface area contributed by atoms with E-state index in [1.54, 1.807) is 0 Å². The summed E-state index contributed by atoms with van der Waals surface area (Å²) in [5.41, 5.74) is 3.55. The molecule has 0 rings (SSSR count). The number of hydrogen-bond acceptors (Lipinski definition) is 1. The van der Waals surface area contributed by atoms with Crippen LogP contribution in [0.2, 0.25) is 0 Å². The highest BCUT2D eigenvalue weighted by Crippen LogP contribution is 2.57. The van der Waals surface area contributed by atoms with E-state index in [-0.39, 0.29) is 0 Å². The van der Waals surface area contributed by atoms with Crippen LogP contribution in [0.4, 0.5) is 0 Å². The molecular weight excluding hydrogens is 178 g/mol. The van der Waals surface area contributed by atoms with E-state index in [4.69, 9.17) is 22.5 Å². The van der Waals surface area contributed by atoms with Crippen LogP contribution in [0.1, 0.15) is 13.8 Å². The summed E-state index contributed by atoms with van der Waals surface area (Å²) in [7, 11) is 0. The van der Waals surface area contributed by atoms with Crippen LogP contribution in [0.15, 0.2) is 17.1 Å². The van der Waals surface area contributed by atoms with Gasteiger partial charge in [-0.2, -0.15) is 0 Å². The molecule has 0 bridgehead atoms. The summed E-state index contributed by atoms with van der Waals surface area (Å²) in [6.07, 6.45) is 0. The summed E-state index contributed by atoms with van der Waals surface area (Å²) in [5, 5.41) is 0. The van der Waals surface area contributed by atoms with Crippen LogP contribution in [0.5, 0.6) is 0 Å². The van der Waals surface area contributed by atoms with Crippen molar-refractivity contribution in [3.8, 4) is 0 Å². The molecule has 0 aromatic rings. The lowest BCUT2D eigenvalue weighted by Gasteiger charge is -1.85. The van der Waals surface area contributed by atoms with Crippen molar-refractivity contribution in [2.75, 3.05) is 0 Å². The summed E-state index contributed by atoms with van der Waals surface area (Å²) < 4.78 is 10.5. The first-order valence-corrected chi connectivity index (χ1v) is 5.90. The van der Waals surface area contributed by atoms with E-state index in [2.05, 4.69) is 5.73 Å². The van der Waals surface area contributed by atoms with Gasteiger partial charge in [0.25, 0.3) is 5.85 Å². The van der Waals surface area contributed by atoms with Gasteiger partial charge in [-0.1, -0.05) is 0 Å². The van der Waals surface area contributed by atoms with Crippen LogP contribution in [0.25, 0.3) is 0 Å². The smallest absolute Gasteiger partial charge is 0.282 e. The van der Waals surface area contributed by atoms with E-state index in [9.17, 15) is 4.57 Å². The molecule has 0 N–H and O–H groups in total. The van der Waals surface area contributed by atoms with Gasteiger partial charge < -0.3 is 0 Å². The highest BCUT2D eigenvalue weighted by atomic mass is 35.9. The second-order valence-corrected chi connectivity index (χ2v) is 6.57. The van der Waals surface area contributed by atoms with Crippen LogP contribution in [0, 0.1) is 0 Å². The fourth-order valence-corrected chi connectivity index (χ4v) is 0.906. The van der Waals surface area contributed by atoms with E-state index in [1.807, 2.05) is 13.8 Å². The molecule has 0 saturated heterocycles. The third kappa shape index (κ3) is 8.33. The molecule has 0 saturated carbocycles. The quantitative estimate of drug-likeness (QED) is 0.449. The summed E-state index contributed by atoms with van der Waals surface area (Å²) in [5.74, 6) is -1.85. The molecule has 0 amide bonds. The molecule has 0 aliphatic carbocycles. The van der Waals surface area contributed by atoms with E-state index in [1.165, 1.54) is 5.82 Å². The third-order valence-corrected chi connectivity index (χ3v) is 1.52. The molecular formula is C5H7Cl2OP. The Labute approximate surface area is 64.3 Å². The largest absolute Gasteiger partial charge is 0.284 e. The van der Waals surface area contributed by atoms with Crippen molar-refractivity contribution in [3.63, 3.8) is 0 Å². The molecule has 0 atom stereocenters. The fourth-order valence-electron chi connectivity index (χ4n) is 0.204. The Balaban J connectivity index is 4.37. The Hall–Kier alpha value is 0.330. The summed E-state index contributed by atoms with van der Waals surface area (Å²) in [6.45, 7) is 3.64. The minimum Gasteiger partial charge on any atom is -0.284 e. The zero-order chi connectivity index (χ0) is 7.49. The van der Waals surface area contributed by atoms with Gasteiger partial charge >= 0.3 is 0 Å². The van der Waals surface area contributed by atoms with E-state index >= 15 is 0 Å². The minimum atomic E-state index is -3.03. The van der Waals surface area contributed by atoms with Gasteiger partial charge in [-0.15, -0.1) is 5.73 Å². The van der Waals surface area contributed by atoms with Crippen LogP contribution < -0.4 is 0 Å². The molecule has 0 aromatic heterocycles. The standard InChI is InChI=1S/C5H7Cl2OP/c1-5(2)3-4-9(6,7)8/h4H,1-2H3. The molecule has 0 aliphatic heterocycles. The Morgan fingerprint density at radius 3 is 2.11 bits per heavy atom. The van der Waals surface area contributed by atoms with Gasteiger partial charge in [0.2, 0.25) is 0 Å². The maximum Gasteiger partial charge on any atom is 0.282 e. The molecule has 4 heteroatoms. The third-order valence-electron chi connectivity index (χ3n) is 0.504. The normalized spacial score (nSPS) is 10.2. The zero-order valence-electron chi connectivity index (χ0n) is 5.19. The van der Waals surface area contributed by atoms with Gasteiger partial charge in [0, 0.05) is 5.82 Å². The molecule has 0 aliphatic rings. The number of allylic oxidation sites excluding steroid dienone is 1. The second-order valence-electron chi connectivity index (χ2n) is 1.78. The highest BCUT2D eigenvalue weighted by molar-refractivity contribution is 8.10. The van der Waals surface area contributed by atoms with E-state index in [0.29, 0.717) is 0 Å². The molecule has 1 nitrogen and oxygen atoms in total. The van der Waals surface area contributed by atoms with Crippen molar-refractivity contribution in [1.29, 1.82) is 0 Å². The molecule has 0 fully saturated rings. The summed E-state index contributed by atoms with van der Waals surface area (Å²) in [4.78, 5) is 0. The topological polar surface area (TPSA) is 17.1 Å². The predicted octanol–water partition coefficient (Wildman–Crippen LogP) is 3.74. The molecule has 0 spiro atoms. The average Bonchev–Trinajstić information content (AvgIpc) is 1.59. The minimum absolute atomic E-state index is 0.900. The number of rotatable bonds is 1. The first-order valence-electron chi connectivity index (χ1n) is 2.32. The predicted molar refractivity (Wildman–Crippen MR) is 42.3 cm³/mol. The van der Waals surface area contributed by atoms with Crippen molar-refractivity contribution in [2.24, 2.45) is 0 Å². The molecule has 0 heterocycles. The maximum absolute atomic E-state index is 10.5. The first kappa shape index (κ1) is 9.33. The van der Waals surface area contributed by atoms with Crippen LogP contribution in [-0.4, -0.2) is 0 Å². The fraction of sp³-hybridized carbons (Fsp3) is 0.400. The highest BCUT2D eigenvalue weighted by Gasteiger charge is 2.05.